The lowest BCUT2D eigenvalue weighted by Gasteiger charge is -2.30. The van der Waals surface area contributed by atoms with Crippen LogP contribution in [0.3, 0.4) is 0 Å². The van der Waals surface area contributed by atoms with Gasteiger partial charge in [0.25, 0.3) is 0 Å². The molecule has 0 heterocycles. The predicted molar refractivity (Wildman–Crippen MR) is 56.3 cm³/mol. The van der Waals surface area contributed by atoms with Gasteiger partial charge >= 0.3 is 6.18 Å². The lowest BCUT2D eigenvalue weighted by Crippen LogP contribution is -2.44. The Morgan fingerprint density at radius 1 is 1.24 bits per heavy atom. The molecule has 0 aliphatic rings. The summed E-state index contributed by atoms with van der Waals surface area (Å²) in [5.41, 5.74) is -3.41. The molecule has 0 spiro atoms. The molecule has 0 aliphatic carbocycles. The van der Waals surface area contributed by atoms with Gasteiger partial charge in [0.2, 0.25) is 0 Å². The number of Topliss-reactive ketones (excluding diaryl/α,β-unsaturated/α-hetero) is 1. The average Bonchev–Trinajstić information content (AvgIpc) is 2.28. The molecule has 0 aliphatic heterocycles. The Labute approximate surface area is 97.1 Å². The van der Waals surface area contributed by atoms with Crippen molar-refractivity contribution in [1.29, 1.82) is 0 Å². The van der Waals surface area contributed by atoms with Crippen molar-refractivity contribution in [2.24, 2.45) is 0 Å². The second kappa shape index (κ2) is 4.87. The highest BCUT2D eigenvalue weighted by Crippen LogP contribution is 2.41. The Balaban J connectivity index is 3.16. The van der Waals surface area contributed by atoms with E-state index in [0.717, 1.165) is 12.1 Å². The zero-order chi connectivity index (χ0) is 13.1. The number of carbonyl (C=O) groups is 1. The molecule has 5 heteroatoms. The highest BCUT2D eigenvalue weighted by Gasteiger charge is 2.55. The van der Waals surface area contributed by atoms with Crippen LogP contribution in [0.2, 0.25) is 0 Å². The van der Waals surface area contributed by atoms with E-state index in [0.29, 0.717) is 0 Å². The molecular formula is C12H13F3O2. The summed E-state index contributed by atoms with van der Waals surface area (Å²) in [6.45, 7) is 1.46. The maximum atomic E-state index is 12.9. The molecule has 94 valence electrons. The first-order chi connectivity index (χ1) is 7.81. The number of hydrogen-bond donors (Lipinski definition) is 1. The van der Waals surface area contributed by atoms with Gasteiger partial charge in [-0.1, -0.05) is 37.3 Å². The monoisotopic (exact) mass is 246 g/mol. The molecule has 0 radical (unpaired) electrons. The van der Waals surface area contributed by atoms with Crippen LogP contribution in [0, 0.1) is 0 Å². The van der Waals surface area contributed by atoms with Gasteiger partial charge in [0, 0.05) is 12.8 Å². The minimum Gasteiger partial charge on any atom is -0.376 e. The molecule has 1 aromatic rings. The average molecular weight is 246 g/mol. The lowest BCUT2D eigenvalue weighted by molar-refractivity contribution is -0.267. The third-order valence-electron chi connectivity index (χ3n) is 2.57. The van der Waals surface area contributed by atoms with Crippen LogP contribution >= 0.6 is 0 Å². The number of ketones is 1. The van der Waals surface area contributed by atoms with Gasteiger partial charge in [-0.15, -0.1) is 0 Å². The van der Waals surface area contributed by atoms with Gasteiger partial charge in [0.05, 0.1) is 0 Å². The van der Waals surface area contributed by atoms with Crippen molar-refractivity contribution >= 4 is 5.78 Å². The van der Waals surface area contributed by atoms with Gasteiger partial charge in [0.1, 0.15) is 5.78 Å². The molecule has 1 rings (SSSR count). The third kappa shape index (κ3) is 2.85. The van der Waals surface area contributed by atoms with E-state index in [1.165, 1.54) is 19.1 Å². The summed E-state index contributed by atoms with van der Waals surface area (Å²) in [6, 6.07) is 6.65. The molecular weight excluding hydrogens is 233 g/mol. The van der Waals surface area contributed by atoms with E-state index in [2.05, 4.69) is 0 Å². The fourth-order valence-electron chi connectivity index (χ4n) is 1.49. The molecule has 0 bridgehead atoms. The maximum absolute atomic E-state index is 12.9. The Morgan fingerprint density at radius 2 is 1.76 bits per heavy atom. The van der Waals surface area contributed by atoms with Crippen LogP contribution in [0.15, 0.2) is 30.3 Å². The minimum absolute atomic E-state index is 0.0365. The molecule has 17 heavy (non-hydrogen) atoms. The molecule has 1 atom stereocenters. The molecule has 2 nitrogen and oxygen atoms in total. The molecule has 1 aromatic carbocycles. The van der Waals surface area contributed by atoms with Crippen LogP contribution in [0.25, 0.3) is 0 Å². The number of halogens is 3. The number of carbonyl (C=O) groups excluding carboxylic acids is 1. The van der Waals surface area contributed by atoms with E-state index in [1.807, 2.05) is 0 Å². The highest BCUT2D eigenvalue weighted by atomic mass is 19.4. The topological polar surface area (TPSA) is 37.3 Å². The van der Waals surface area contributed by atoms with Gasteiger partial charge in [0.15, 0.2) is 5.60 Å². The molecule has 1 unspecified atom stereocenters. The summed E-state index contributed by atoms with van der Waals surface area (Å²) >= 11 is 0. The van der Waals surface area contributed by atoms with Crippen LogP contribution < -0.4 is 0 Å². The summed E-state index contributed by atoms with van der Waals surface area (Å²) in [4.78, 5) is 11.2. The van der Waals surface area contributed by atoms with Crippen molar-refractivity contribution < 1.29 is 23.1 Å². The predicted octanol–water partition coefficient (Wildman–Crippen LogP) is 2.81. The fraction of sp³-hybridized carbons (Fsp3) is 0.417. The Bertz CT molecular complexity index is 386. The Hall–Kier alpha value is -1.36. The zero-order valence-corrected chi connectivity index (χ0v) is 9.29. The SMILES string of the molecule is CCC(=O)CC(O)(c1ccccc1)C(F)(F)F. The quantitative estimate of drug-likeness (QED) is 0.887. The van der Waals surface area contributed by atoms with Crippen LogP contribution in [0.1, 0.15) is 25.3 Å². The van der Waals surface area contributed by atoms with Crippen molar-refractivity contribution in [2.45, 2.75) is 31.5 Å². The minimum atomic E-state index is -4.88. The summed E-state index contributed by atoms with van der Waals surface area (Å²) in [7, 11) is 0. The first kappa shape index (κ1) is 13.7. The van der Waals surface area contributed by atoms with Crippen LogP contribution in [-0.2, 0) is 10.4 Å². The smallest absolute Gasteiger partial charge is 0.376 e. The molecule has 1 N–H and O–H groups in total. The third-order valence-corrected chi connectivity index (χ3v) is 2.57. The van der Waals surface area contributed by atoms with E-state index >= 15 is 0 Å². The highest BCUT2D eigenvalue weighted by molar-refractivity contribution is 5.79. The molecule has 0 fully saturated rings. The van der Waals surface area contributed by atoms with E-state index in [4.69, 9.17) is 0 Å². The maximum Gasteiger partial charge on any atom is 0.421 e. The van der Waals surface area contributed by atoms with Crippen molar-refractivity contribution in [1.82, 2.24) is 0 Å². The second-order valence-corrected chi connectivity index (χ2v) is 3.79. The normalized spacial score (nSPS) is 15.4. The zero-order valence-electron chi connectivity index (χ0n) is 9.29. The van der Waals surface area contributed by atoms with Crippen LogP contribution in [0.4, 0.5) is 13.2 Å². The van der Waals surface area contributed by atoms with E-state index in [9.17, 15) is 23.1 Å². The lowest BCUT2D eigenvalue weighted by atomic mass is 9.87. The number of aliphatic hydroxyl groups is 1. The largest absolute Gasteiger partial charge is 0.421 e. The fourth-order valence-corrected chi connectivity index (χ4v) is 1.49. The Morgan fingerprint density at radius 3 is 2.18 bits per heavy atom. The van der Waals surface area contributed by atoms with Crippen LogP contribution in [0.5, 0.6) is 0 Å². The van der Waals surface area contributed by atoms with Crippen molar-refractivity contribution in [3.05, 3.63) is 35.9 Å². The first-order valence-electron chi connectivity index (χ1n) is 5.17. The summed E-state index contributed by atoms with van der Waals surface area (Å²) in [5.74, 6) is -0.631. The van der Waals surface area contributed by atoms with Crippen molar-refractivity contribution in [3.8, 4) is 0 Å². The number of alkyl halides is 3. The Kier molecular flexibility index (Phi) is 3.93. The van der Waals surface area contributed by atoms with Gasteiger partial charge in [-0.2, -0.15) is 13.2 Å². The number of hydrogen-bond acceptors (Lipinski definition) is 2. The molecule has 0 amide bonds. The standard InChI is InChI=1S/C12H13F3O2/c1-2-10(16)8-11(17,12(13,14)15)9-6-4-3-5-7-9/h3-7,17H,2,8H2,1H3. The van der Waals surface area contributed by atoms with Gasteiger partial charge in [-0.3, -0.25) is 4.79 Å². The van der Waals surface area contributed by atoms with Gasteiger partial charge in [-0.25, -0.2) is 0 Å². The number of rotatable bonds is 4. The van der Waals surface area contributed by atoms with E-state index in [1.54, 1.807) is 6.07 Å². The molecule has 0 aromatic heterocycles. The summed E-state index contributed by atoms with van der Waals surface area (Å²) in [6.07, 6.45) is -5.86. The van der Waals surface area contributed by atoms with Crippen LogP contribution in [-0.4, -0.2) is 17.1 Å². The summed E-state index contributed by atoms with van der Waals surface area (Å²) < 4.78 is 38.7. The van der Waals surface area contributed by atoms with Crippen molar-refractivity contribution in [3.63, 3.8) is 0 Å². The van der Waals surface area contributed by atoms with Gasteiger partial charge in [-0.05, 0) is 5.56 Å². The van der Waals surface area contributed by atoms with Gasteiger partial charge < -0.3 is 5.11 Å². The van der Waals surface area contributed by atoms with E-state index < -0.39 is 24.0 Å². The second-order valence-electron chi connectivity index (χ2n) is 3.79. The molecule has 0 saturated carbocycles. The summed E-state index contributed by atoms with van der Waals surface area (Å²) in [5, 5.41) is 9.77. The van der Waals surface area contributed by atoms with E-state index in [-0.39, 0.29) is 12.0 Å². The van der Waals surface area contributed by atoms with Crippen molar-refractivity contribution in [2.75, 3.05) is 0 Å². The first-order valence-corrected chi connectivity index (χ1v) is 5.17. The molecule has 0 saturated heterocycles. The number of benzene rings is 1.